The van der Waals surface area contributed by atoms with Gasteiger partial charge in [0.2, 0.25) is 0 Å². The number of para-hydroxylation sites is 1. The number of fused-ring (bicyclic) bond motifs is 1. The topological polar surface area (TPSA) is 60.2 Å². The summed E-state index contributed by atoms with van der Waals surface area (Å²) in [5.41, 5.74) is 9.41. The van der Waals surface area contributed by atoms with Crippen LogP contribution in [0.1, 0.15) is 28.1 Å². The van der Waals surface area contributed by atoms with E-state index in [1.165, 1.54) is 16.0 Å². The standard InChI is InChI=1S/C21H23N3OS/c1-25-18-10-6-5-9-16(18)21(23-14-15-7-3-2-4-8-15)12-11-17-19(13-21)26-20(22)24-17/h2-10,23H,11-14H2,1H3,(H2,22,24). The van der Waals surface area contributed by atoms with Crippen LogP contribution in [-0.2, 0) is 24.9 Å². The van der Waals surface area contributed by atoms with Crippen LogP contribution in [0.15, 0.2) is 54.6 Å². The number of nitrogens with zero attached hydrogens (tertiary/aromatic N) is 1. The molecule has 1 atom stereocenters. The molecule has 0 spiro atoms. The Labute approximate surface area is 158 Å². The molecule has 0 radical (unpaired) electrons. The average molecular weight is 366 g/mol. The third kappa shape index (κ3) is 3.20. The first-order valence-electron chi connectivity index (χ1n) is 8.87. The van der Waals surface area contributed by atoms with Crippen molar-refractivity contribution in [1.29, 1.82) is 0 Å². The van der Waals surface area contributed by atoms with E-state index < -0.39 is 0 Å². The second kappa shape index (κ2) is 7.09. The van der Waals surface area contributed by atoms with Crippen molar-refractivity contribution in [1.82, 2.24) is 10.3 Å². The van der Waals surface area contributed by atoms with E-state index in [0.29, 0.717) is 5.13 Å². The first kappa shape index (κ1) is 17.1. The number of rotatable bonds is 5. The maximum absolute atomic E-state index is 5.97. The molecule has 134 valence electrons. The molecule has 5 heteroatoms. The number of nitrogens with two attached hydrogens (primary N) is 1. The van der Waals surface area contributed by atoms with Crippen LogP contribution >= 0.6 is 11.3 Å². The Hall–Kier alpha value is -2.37. The highest BCUT2D eigenvalue weighted by molar-refractivity contribution is 7.15. The van der Waals surface area contributed by atoms with Crippen LogP contribution in [0.25, 0.3) is 0 Å². The molecular formula is C21H23N3OS. The highest BCUT2D eigenvalue weighted by Crippen LogP contribution is 2.42. The van der Waals surface area contributed by atoms with E-state index in [1.54, 1.807) is 18.4 Å². The van der Waals surface area contributed by atoms with Crippen LogP contribution in [-0.4, -0.2) is 12.1 Å². The van der Waals surface area contributed by atoms with Gasteiger partial charge in [0.05, 0.1) is 18.3 Å². The van der Waals surface area contributed by atoms with Crippen molar-refractivity contribution in [2.75, 3.05) is 12.8 Å². The van der Waals surface area contributed by atoms with Gasteiger partial charge in [-0.1, -0.05) is 48.5 Å². The number of nitrogens with one attached hydrogen (secondary N) is 1. The number of benzene rings is 2. The van der Waals surface area contributed by atoms with Crippen molar-refractivity contribution >= 4 is 16.5 Å². The Bertz CT molecular complexity index is 893. The van der Waals surface area contributed by atoms with Gasteiger partial charge in [0, 0.05) is 23.4 Å². The lowest BCUT2D eigenvalue weighted by atomic mass is 9.77. The Kier molecular flexibility index (Phi) is 4.66. The Morgan fingerprint density at radius 1 is 1.15 bits per heavy atom. The second-order valence-electron chi connectivity index (χ2n) is 6.72. The van der Waals surface area contributed by atoms with E-state index in [4.69, 9.17) is 10.5 Å². The van der Waals surface area contributed by atoms with E-state index in [9.17, 15) is 0 Å². The van der Waals surface area contributed by atoms with Crippen molar-refractivity contribution in [3.8, 4) is 5.75 Å². The molecule has 4 rings (SSSR count). The van der Waals surface area contributed by atoms with Crippen LogP contribution < -0.4 is 15.8 Å². The smallest absolute Gasteiger partial charge is 0.180 e. The lowest BCUT2D eigenvalue weighted by Gasteiger charge is -2.39. The van der Waals surface area contributed by atoms with E-state index in [-0.39, 0.29) is 5.54 Å². The van der Waals surface area contributed by atoms with Crippen molar-refractivity contribution in [3.63, 3.8) is 0 Å². The molecule has 26 heavy (non-hydrogen) atoms. The number of aromatic nitrogens is 1. The summed E-state index contributed by atoms with van der Waals surface area (Å²) in [4.78, 5) is 5.79. The van der Waals surface area contributed by atoms with Crippen LogP contribution in [0.5, 0.6) is 5.75 Å². The second-order valence-corrected chi connectivity index (χ2v) is 7.84. The SMILES string of the molecule is COc1ccccc1C1(NCc2ccccc2)CCc2nc(N)sc2C1. The van der Waals surface area contributed by atoms with Gasteiger partial charge in [0.1, 0.15) is 5.75 Å². The summed E-state index contributed by atoms with van der Waals surface area (Å²) in [6.45, 7) is 0.808. The summed E-state index contributed by atoms with van der Waals surface area (Å²) in [7, 11) is 1.74. The van der Waals surface area contributed by atoms with Crippen LogP contribution in [0.3, 0.4) is 0 Å². The van der Waals surface area contributed by atoms with Gasteiger partial charge in [-0.3, -0.25) is 0 Å². The minimum atomic E-state index is -0.186. The number of nitrogen functional groups attached to an aromatic ring is 1. The van der Waals surface area contributed by atoms with Crippen molar-refractivity contribution < 1.29 is 4.74 Å². The minimum Gasteiger partial charge on any atom is -0.496 e. The van der Waals surface area contributed by atoms with Gasteiger partial charge in [-0.15, -0.1) is 11.3 Å². The van der Waals surface area contributed by atoms with E-state index in [2.05, 4.69) is 46.7 Å². The lowest BCUT2D eigenvalue weighted by molar-refractivity contribution is 0.276. The first-order valence-corrected chi connectivity index (χ1v) is 9.68. The number of thiazole rings is 1. The lowest BCUT2D eigenvalue weighted by Crippen LogP contribution is -2.46. The number of methoxy groups -OCH3 is 1. The minimum absolute atomic E-state index is 0.186. The maximum Gasteiger partial charge on any atom is 0.180 e. The molecule has 1 aromatic heterocycles. The fourth-order valence-corrected chi connectivity index (χ4v) is 4.81. The summed E-state index contributed by atoms with van der Waals surface area (Å²) in [5.74, 6) is 0.925. The van der Waals surface area contributed by atoms with Gasteiger partial charge in [0.25, 0.3) is 0 Å². The van der Waals surface area contributed by atoms with Gasteiger partial charge in [-0.05, 0) is 24.5 Å². The average Bonchev–Trinajstić information content (AvgIpc) is 3.06. The predicted octanol–water partition coefficient (Wildman–Crippen LogP) is 3.91. The third-order valence-electron chi connectivity index (χ3n) is 5.14. The molecule has 1 aliphatic rings. The number of aryl methyl sites for hydroxylation is 1. The molecule has 3 aromatic rings. The van der Waals surface area contributed by atoms with E-state index in [0.717, 1.165) is 37.3 Å². The third-order valence-corrected chi connectivity index (χ3v) is 6.07. The fourth-order valence-electron chi connectivity index (χ4n) is 3.81. The molecule has 1 aliphatic carbocycles. The normalized spacial score (nSPS) is 19.1. The Balaban J connectivity index is 1.72. The maximum atomic E-state index is 5.97. The summed E-state index contributed by atoms with van der Waals surface area (Å²) in [6, 6.07) is 18.8. The monoisotopic (exact) mass is 365 g/mol. The summed E-state index contributed by atoms with van der Waals surface area (Å²) >= 11 is 1.61. The molecule has 1 heterocycles. The quantitative estimate of drug-likeness (QED) is 0.720. The summed E-state index contributed by atoms with van der Waals surface area (Å²) in [5, 5.41) is 4.51. The number of hydrogen-bond donors (Lipinski definition) is 2. The van der Waals surface area contributed by atoms with Crippen molar-refractivity contribution in [3.05, 3.63) is 76.3 Å². The Morgan fingerprint density at radius 2 is 1.92 bits per heavy atom. The fraction of sp³-hybridized carbons (Fsp3) is 0.286. The summed E-state index contributed by atoms with van der Waals surface area (Å²) in [6.07, 6.45) is 2.77. The van der Waals surface area contributed by atoms with Gasteiger partial charge in [-0.2, -0.15) is 0 Å². The molecule has 1 unspecified atom stereocenters. The zero-order valence-corrected chi connectivity index (χ0v) is 15.7. The van der Waals surface area contributed by atoms with Gasteiger partial charge in [-0.25, -0.2) is 4.98 Å². The summed E-state index contributed by atoms with van der Waals surface area (Å²) < 4.78 is 5.69. The molecule has 2 aromatic carbocycles. The molecule has 0 saturated heterocycles. The highest BCUT2D eigenvalue weighted by atomic mass is 32.1. The number of anilines is 1. The molecule has 3 N–H and O–H groups in total. The Morgan fingerprint density at radius 3 is 2.73 bits per heavy atom. The molecule has 0 bridgehead atoms. The predicted molar refractivity (Wildman–Crippen MR) is 107 cm³/mol. The molecule has 0 amide bonds. The molecule has 0 fully saturated rings. The number of ether oxygens (including phenoxy) is 1. The molecular weight excluding hydrogens is 342 g/mol. The van der Waals surface area contributed by atoms with Gasteiger partial charge >= 0.3 is 0 Å². The largest absolute Gasteiger partial charge is 0.496 e. The van der Waals surface area contributed by atoms with Crippen LogP contribution in [0.2, 0.25) is 0 Å². The molecule has 4 nitrogen and oxygen atoms in total. The highest BCUT2D eigenvalue weighted by Gasteiger charge is 2.39. The molecule has 0 aliphatic heterocycles. The van der Waals surface area contributed by atoms with Crippen LogP contribution in [0.4, 0.5) is 5.13 Å². The molecule has 0 saturated carbocycles. The van der Waals surface area contributed by atoms with Gasteiger partial charge in [0.15, 0.2) is 5.13 Å². The van der Waals surface area contributed by atoms with E-state index in [1.807, 2.05) is 18.2 Å². The van der Waals surface area contributed by atoms with Crippen molar-refractivity contribution in [2.24, 2.45) is 0 Å². The van der Waals surface area contributed by atoms with Crippen LogP contribution in [0, 0.1) is 0 Å². The van der Waals surface area contributed by atoms with E-state index >= 15 is 0 Å². The number of hydrogen-bond acceptors (Lipinski definition) is 5. The zero-order chi connectivity index (χ0) is 18.0. The van der Waals surface area contributed by atoms with Gasteiger partial charge < -0.3 is 15.8 Å². The zero-order valence-electron chi connectivity index (χ0n) is 14.9. The first-order chi connectivity index (χ1) is 12.7. The van der Waals surface area contributed by atoms with Crippen molar-refractivity contribution in [2.45, 2.75) is 31.3 Å².